The summed E-state index contributed by atoms with van der Waals surface area (Å²) in [5.74, 6) is 1.46. The average Bonchev–Trinajstić information content (AvgIpc) is 3.48. The van der Waals surface area contributed by atoms with Crippen molar-refractivity contribution >= 4 is 35.8 Å². The van der Waals surface area contributed by atoms with Gasteiger partial charge in [0.1, 0.15) is 0 Å². The van der Waals surface area contributed by atoms with Crippen LogP contribution in [0.5, 0.6) is 0 Å². The van der Waals surface area contributed by atoms with Gasteiger partial charge in [-0.2, -0.15) is 0 Å². The first-order valence-electron chi connectivity index (χ1n) is 10.2. The normalized spacial score (nSPS) is 25.1. The third kappa shape index (κ3) is 4.97. The second kappa shape index (κ2) is 9.43. The lowest BCUT2D eigenvalue weighted by atomic mass is 10.00. The Bertz CT molecular complexity index is 721. The molecule has 0 spiro atoms. The van der Waals surface area contributed by atoms with Gasteiger partial charge < -0.3 is 15.5 Å². The van der Waals surface area contributed by atoms with Crippen LogP contribution in [0.4, 0.5) is 0 Å². The number of halogens is 1. The number of amides is 1. The van der Waals surface area contributed by atoms with Gasteiger partial charge in [0.05, 0.1) is 6.54 Å². The molecule has 6 nitrogen and oxygen atoms in total. The molecular weight excluding hydrogens is 465 g/mol. The average molecular weight is 497 g/mol. The van der Waals surface area contributed by atoms with E-state index in [1.807, 2.05) is 11.0 Å². The molecule has 1 aliphatic carbocycles. The van der Waals surface area contributed by atoms with Crippen LogP contribution >= 0.6 is 24.0 Å². The van der Waals surface area contributed by atoms with E-state index in [1.54, 1.807) is 7.05 Å². The predicted molar refractivity (Wildman–Crippen MR) is 123 cm³/mol. The maximum absolute atomic E-state index is 12.7. The Hall–Kier alpha value is -1.35. The SMILES string of the molecule is CN=C(NCC(=O)N1CCc2ccccc2C1)NC1CN(C2CC2)CC1C.I. The molecule has 1 aromatic carbocycles. The van der Waals surface area contributed by atoms with Crippen LogP contribution in [0.2, 0.25) is 0 Å². The van der Waals surface area contributed by atoms with E-state index in [-0.39, 0.29) is 36.4 Å². The lowest BCUT2D eigenvalue weighted by Crippen LogP contribution is -2.50. The van der Waals surface area contributed by atoms with Gasteiger partial charge in [-0.1, -0.05) is 31.2 Å². The van der Waals surface area contributed by atoms with Crippen molar-refractivity contribution in [3.8, 4) is 0 Å². The van der Waals surface area contributed by atoms with E-state index in [2.05, 4.69) is 45.6 Å². The minimum atomic E-state index is 0. The molecule has 0 radical (unpaired) electrons. The number of rotatable bonds is 4. The Morgan fingerprint density at radius 3 is 2.68 bits per heavy atom. The quantitative estimate of drug-likeness (QED) is 0.379. The summed E-state index contributed by atoms with van der Waals surface area (Å²) in [5, 5.41) is 6.76. The molecule has 2 atom stereocenters. The third-order valence-electron chi connectivity index (χ3n) is 6.14. The van der Waals surface area contributed by atoms with E-state index in [0.717, 1.165) is 38.1 Å². The molecule has 154 valence electrons. The van der Waals surface area contributed by atoms with E-state index in [1.165, 1.54) is 24.0 Å². The van der Waals surface area contributed by atoms with Gasteiger partial charge in [0.15, 0.2) is 5.96 Å². The fraction of sp³-hybridized carbons (Fsp3) is 0.619. The van der Waals surface area contributed by atoms with Crippen molar-refractivity contribution in [3.05, 3.63) is 35.4 Å². The summed E-state index contributed by atoms with van der Waals surface area (Å²) in [6.07, 6.45) is 3.63. The lowest BCUT2D eigenvalue weighted by Gasteiger charge is -2.29. The zero-order valence-corrected chi connectivity index (χ0v) is 19.2. The van der Waals surface area contributed by atoms with Gasteiger partial charge in [-0.25, -0.2) is 0 Å². The monoisotopic (exact) mass is 497 g/mol. The fourth-order valence-electron chi connectivity index (χ4n) is 4.28. The Balaban J connectivity index is 0.00000225. The lowest BCUT2D eigenvalue weighted by molar-refractivity contribution is -0.130. The summed E-state index contributed by atoms with van der Waals surface area (Å²) in [4.78, 5) is 21.5. The third-order valence-corrected chi connectivity index (χ3v) is 6.14. The van der Waals surface area contributed by atoms with Gasteiger partial charge in [-0.15, -0.1) is 24.0 Å². The van der Waals surface area contributed by atoms with Crippen LogP contribution in [0.15, 0.2) is 29.3 Å². The molecule has 0 aromatic heterocycles. The number of nitrogens with one attached hydrogen (secondary N) is 2. The summed E-state index contributed by atoms with van der Waals surface area (Å²) < 4.78 is 0. The Kier molecular flexibility index (Phi) is 7.20. The molecule has 1 aromatic rings. The van der Waals surface area contributed by atoms with Crippen LogP contribution in [0.3, 0.4) is 0 Å². The van der Waals surface area contributed by atoms with Gasteiger partial charge in [0.25, 0.3) is 0 Å². The summed E-state index contributed by atoms with van der Waals surface area (Å²) in [7, 11) is 1.77. The van der Waals surface area contributed by atoms with Crippen LogP contribution in [-0.2, 0) is 17.8 Å². The second-order valence-electron chi connectivity index (χ2n) is 8.17. The van der Waals surface area contributed by atoms with Gasteiger partial charge >= 0.3 is 0 Å². The Morgan fingerprint density at radius 1 is 1.21 bits per heavy atom. The molecule has 3 aliphatic rings. The van der Waals surface area contributed by atoms with E-state index in [4.69, 9.17) is 0 Å². The number of guanidine groups is 1. The number of carbonyl (C=O) groups excluding carboxylic acids is 1. The number of carbonyl (C=O) groups is 1. The summed E-state index contributed by atoms with van der Waals surface area (Å²) in [5.41, 5.74) is 2.63. The molecule has 2 fully saturated rings. The number of benzene rings is 1. The highest BCUT2D eigenvalue weighted by Gasteiger charge is 2.38. The highest BCUT2D eigenvalue weighted by Crippen LogP contribution is 2.31. The second-order valence-corrected chi connectivity index (χ2v) is 8.17. The molecule has 0 bridgehead atoms. The number of aliphatic imine (C=N–C) groups is 1. The number of fused-ring (bicyclic) bond motifs is 1. The number of hydrogen-bond donors (Lipinski definition) is 2. The molecular formula is C21H32IN5O. The number of likely N-dealkylation sites (tertiary alicyclic amines) is 1. The summed E-state index contributed by atoms with van der Waals surface area (Å²) >= 11 is 0. The van der Waals surface area contributed by atoms with E-state index in [0.29, 0.717) is 18.5 Å². The first-order valence-corrected chi connectivity index (χ1v) is 10.2. The smallest absolute Gasteiger partial charge is 0.242 e. The van der Waals surface area contributed by atoms with Crippen LogP contribution in [0, 0.1) is 5.92 Å². The van der Waals surface area contributed by atoms with Crippen molar-refractivity contribution in [1.29, 1.82) is 0 Å². The standard InChI is InChI=1S/C21H31N5O.HI/c1-15-12-26(18-7-8-18)14-19(15)24-21(22-2)23-11-20(27)25-10-9-16-5-3-4-6-17(16)13-25;/h3-6,15,18-19H,7-14H2,1-2H3,(H2,22,23,24);1H. The number of hydrogen-bond acceptors (Lipinski definition) is 3. The van der Waals surface area contributed by atoms with Gasteiger partial charge in [-0.3, -0.25) is 14.7 Å². The zero-order chi connectivity index (χ0) is 18.8. The van der Waals surface area contributed by atoms with E-state index in [9.17, 15) is 4.79 Å². The molecule has 7 heteroatoms. The van der Waals surface area contributed by atoms with Crippen molar-refractivity contribution in [1.82, 2.24) is 20.4 Å². The van der Waals surface area contributed by atoms with Crippen molar-refractivity contribution in [3.63, 3.8) is 0 Å². The molecule has 1 amide bonds. The summed E-state index contributed by atoms with van der Waals surface area (Å²) in [6.45, 7) is 6.31. The first kappa shape index (κ1) is 21.4. The predicted octanol–water partition coefficient (Wildman–Crippen LogP) is 1.84. The Labute approximate surface area is 185 Å². The molecule has 2 unspecified atom stereocenters. The van der Waals surface area contributed by atoms with Gasteiger partial charge in [-0.05, 0) is 36.3 Å². The van der Waals surface area contributed by atoms with Gasteiger partial charge in [0.2, 0.25) is 5.91 Å². The highest BCUT2D eigenvalue weighted by atomic mass is 127. The molecule has 1 saturated carbocycles. The maximum atomic E-state index is 12.7. The summed E-state index contributed by atoms with van der Waals surface area (Å²) in [6, 6.07) is 9.60. The molecule has 28 heavy (non-hydrogen) atoms. The van der Waals surface area contributed by atoms with Crippen molar-refractivity contribution < 1.29 is 4.79 Å². The van der Waals surface area contributed by atoms with Crippen LogP contribution in [-0.4, -0.2) is 67.0 Å². The highest BCUT2D eigenvalue weighted by molar-refractivity contribution is 14.0. The van der Waals surface area contributed by atoms with Gasteiger partial charge in [0, 0.05) is 45.3 Å². The van der Waals surface area contributed by atoms with Crippen LogP contribution in [0.1, 0.15) is 30.9 Å². The molecule has 2 N–H and O–H groups in total. The zero-order valence-electron chi connectivity index (χ0n) is 16.9. The van der Waals surface area contributed by atoms with Crippen molar-refractivity contribution in [2.45, 2.75) is 44.8 Å². The minimum Gasteiger partial charge on any atom is -0.352 e. The molecule has 4 rings (SSSR count). The van der Waals surface area contributed by atoms with Crippen molar-refractivity contribution in [2.24, 2.45) is 10.9 Å². The largest absolute Gasteiger partial charge is 0.352 e. The van der Waals surface area contributed by atoms with Crippen molar-refractivity contribution in [2.75, 3.05) is 33.2 Å². The minimum absolute atomic E-state index is 0. The topological polar surface area (TPSA) is 60.0 Å². The fourth-order valence-corrected chi connectivity index (χ4v) is 4.28. The first-order chi connectivity index (χ1) is 13.1. The number of nitrogens with zero attached hydrogens (tertiary/aromatic N) is 3. The Morgan fingerprint density at radius 2 is 1.96 bits per heavy atom. The molecule has 1 saturated heterocycles. The van der Waals surface area contributed by atoms with Crippen LogP contribution in [0.25, 0.3) is 0 Å². The van der Waals surface area contributed by atoms with Crippen LogP contribution < -0.4 is 10.6 Å². The van der Waals surface area contributed by atoms with E-state index < -0.39 is 0 Å². The molecule has 2 heterocycles. The van der Waals surface area contributed by atoms with E-state index >= 15 is 0 Å². The molecule has 2 aliphatic heterocycles. The maximum Gasteiger partial charge on any atom is 0.242 e.